The molecule has 0 fully saturated rings. The minimum atomic E-state index is -0.548. The molecule has 4 heteroatoms. The lowest BCUT2D eigenvalue weighted by atomic mass is 9.79. The molecule has 0 saturated carbocycles. The van der Waals surface area contributed by atoms with Crippen LogP contribution in [0.15, 0.2) is 24.3 Å². The molecular weight excluding hydrogens is 244 g/mol. The largest absolute Gasteiger partial charge is 0.395 e. The second kappa shape index (κ2) is 6.50. The van der Waals surface area contributed by atoms with Crippen LogP contribution in [0.1, 0.15) is 12.0 Å². The minimum Gasteiger partial charge on any atom is -0.395 e. The third kappa shape index (κ3) is 3.14. The Morgan fingerprint density at radius 3 is 2.19 bits per heavy atom. The van der Waals surface area contributed by atoms with Crippen LogP contribution in [-0.2, 0) is 5.41 Å². The van der Waals surface area contributed by atoms with Gasteiger partial charge in [0.05, 0.1) is 13.2 Å². The van der Waals surface area contributed by atoms with Crippen LogP contribution in [-0.4, -0.2) is 35.4 Å². The summed E-state index contributed by atoms with van der Waals surface area (Å²) >= 11 is 7.53. The van der Waals surface area contributed by atoms with E-state index in [-0.39, 0.29) is 13.2 Å². The average molecular weight is 261 g/mol. The summed E-state index contributed by atoms with van der Waals surface area (Å²) in [7, 11) is 0. The third-order valence-electron chi connectivity index (χ3n) is 2.85. The first-order chi connectivity index (χ1) is 7.68. The molecular formula is C12H17ClO2S. The molecule has 0 unspecified atom stereocenters. The lowest BCUT2D eigenvalue weighted by Crippen LogP contribution is -2.35. The Balaban J connectivity index is 2.95. The van der Waals surface area contributed by atoms with Gasteiger partial charge in [-0.2, -0.15) is 11.8 Å². The van der Waals surface area contributed by atoms with Gasteiger partial charge < -0.3 is 10.2 Å². The Bertz CT molecular complexity index is 309. The maximum absolute atomic E-state index is 9.52. The molecule has 90 valence electrons. The summed E-state index contributed by atoms with van der Waals surface area (Å²) in [4.78, 5) is 0. The summed E-state index contributed by atoms with van der Waals surface area (Å²) in [5.41, 5.74) is 0.393. The van der Waals surface area contributed by atoms with Crippen molar-refractivity contribution in [1.82, 2.24) is 0 Å². The first kappa shape index (κ1) is 13.8. The molecule has 0 radical (unpaired) electrons. The van der Waals surface area contributed by atoms with Gasteiger partial charge in [0.15, 0.2) is 0 Å². The van der Waals surface area contributed by atoms with E-state index < -0.39 is 5.41 Å². The number of hydrogen-bond acceptors (Lipinski definition) is 3. The molecule has 0 spiro atoms. The summed E-state index contributed by atoms with van der Waals surface area (Å²) < 4.78 is 0. The first-order valence-electron chi connectivity index (χ1n) is 5.15. The van der Waals surface area contributed by atoms with Crippen molar-refractivity contribution in [3.05, 3.63) is 34.9 Å². The van der Waals surface area contributed by atoms with Crippen LogP contribution >= 0.6 is 23.4 Å². The molecule has 1 rings (SSSR count). The van der Waals surface area contributed by atoms with Crippen LogP contribution in [0.2, 0.25) is 5.02 Å². The van der Waals surface area contributed by atoms with Crippen molar-refractivity contribution >= 4 is 23.4 Å². The molecule has 0 aliphatic rings. The molecule has 2 nitrogen and oxygen atoms in total. The van der Waals surface area contributed by atoms with Crippen LogP contribution < -0.4 is 0 Å². The van der Waals surface area contributed by atoms with Crippen molar-refractivity contribution in [2.75, 3.05) is 25.2 Å². The highest BCUT2D eigenvalue weighted by Gasteiger charge is 2.30. The maximum atomic E-state index is 9.52. The molecule has 0 bridgehead atoms. The Hall–Kier alpha value is -0.220. The van der Waals surface area contributed by atoms with Crippen LogP contribution in [0, 0.1) is 0 Å². The zero-order valence-corrected chi connectivity index (χ0v) is 10.9. The third-order valence-corrected chi connectivity index (χ3v) is 3.71. The Kier molecular flexibility index (Phi) is 5.62. The lowest BCUT2D eigenvalue weighted by Gasteiger charge is -2.30. The highest BCUT2D eigenvalue weighted by molar-refractivity contribution is 7.98. The standard InChI is InChI=1S/C12H17ClO2S/c1-16-7-6-12(8-14,9-15)10-2-4-11(13)5-3-10/h2-5,14-15H,6-9H2,1H3. The summed E-state index contributed by atoms with van der Waals surface area (Å²) in [5.74, 6) is 0.906. The zero-order valence-electron chi connectivity index (χ0n) is 9.32. The van der Waals surface area contributed by atoms with Gasteiger partial charge in [0.2, 0.25) is 0 Å². The topological polar surface area (TPSA) is 40.5 Å². The molecule has 1 aromatic carbocycles. The van der Waals surface area contributed by atoms with E-state index in [4.69, 9.17) is 11.6 Å². The summed E-state index contributed by atoms with van der Waals surface area (Å²) in [6.07, 6.45) is 2.77. The second-order valence-electron chi connectivity index (χ2n) is 3.85. The fraction of sp³-hybridized carbons (Fsp3) is 0.500. The summed E-state index contributed by atoms with van der Waals surface area (Å²) in [6, 6.07) is 7.32. The average Bonchev–Trinajstić information content (AvgIpc) is 2.33. The van der Waals surface area contributed by atoms with Gasteiger partial charge in [-0.25, -0.2) is 0 Å². The molecule has 0 aliphatic heterocycles. The van der Waals surface area contributed by atoms with E-state index >= 15 is 0 Å². The molecule has 2 N–H and O–H groups in total. The molecule has 0 saturated heterocycles. The SMILES string of the molecule is CSCCC(CO)(CO)c1ccc(Cl)cc1. The molecule has 1 aromatic rings. The van der Waals surface area contributed by atoms with Gasteiger partial charge in [0.25, 0.3) is 0 Å². The molecule has 0 heterocycles. The van der Waals surface area contributed by atoms with Gasteiger partial charge in [-0.1, -0.05) is 23.7 Å². The first-order valence-corrected chi connectivity index (χ1v) is 6.92. The van der Waals surface area contributed by atoms with E-state index in [9.17, 15) is 10.2 Å². The number of hydrogen-bond donors (Lipinski definition) is 2. The molecule has 0 aliphatic carbocycles. The second-order valence-corrected chi connectivity index (χ2v) is 5.27. The predicted octanol–water partition coefficient (Wildman–Crippen LogP) is 2.32. The molecule has 16 heavy (non-hydrogen) atoms. The van der Waals surface area contributed by atoms with Gasteiger partial charge in [-0.3, -0.25) is 0 Å². The number of benzene rings is 1. The number of thioether (sulfide) groups is 1. The zero-order chi connectivity index (χ0) is 12.0. The van der Waals surface area contributed by atoms with E-state index in [1.165, 1.54) is 0 Å². The van der Waals surface area contributed by atoms with E-state index in [1.807, 2.05) is 18.4 Å². The number of halogens is 1. The van der Waals surface area contributed by atoms with E-state index in [1.54, 1.807) is 23.9 Å². The molecule has 0 atom stereocenters. The minimum absolute atomic E-state index is 0.0499. The maximum Gasteiger partial charge on any atom is 0.0550 e. The number of rotatable bonds is 6. The summed E-state index contributed by atoms with van der Waals surface area (Å²) in [5, 5.41) is 19.7. The van der Waals surface area contributed by atoms with Crippen molar-refractivity contribution in [1.29, 1.82) is 0 Å². The lowest BCUT2D eigenvalue weighted by molar-refractivity contribution is 0.114. The van der Waals surface area contributed by atoms with Gasteiger partial charge in [0.1, 0.15) is 0 Å². The van der Waals surface area contributed by atoms with Gasteiger partial charge in [-0.15, -0.1) is 0 Å². The van der Waals surface area contributed by atoms with Gasteiger partial charge in [-0.05, 0) is 36.1 Å². The van der Waals surface area contributed by atoms with Crippen molar-refractivity contribution in [3.8, 4) is 0 Å². The van der Waals surface area contributed by atoms with Crippen molar-refractivity contribution in [2.45, 2.75) is 11.8 Å². The van der Waals surface area contributed by atoms with Crippen molar-refractivity contribution < 1.29 is 10.2 Å². The molecule has 0 aromatic heterocycles. The smallest absolute Gasteiger partial charge is 0.0550 e. The highest BCUT2D eigenvalue weighted by atomic mass is 35.5. The van der Waals surface area contributed by atoms with E-state index in [0.717, 1.165) is 17.7 Å². The van der Waals surface area contributed by atoms with Crippen molar-refractivity contribution in [3.63, 3.8) is 0 Å². The Labute approximate surface area is 106 Å². The van der Waals surface area contributed by atoms with Crippen LogP contribution in [0.3, 0.4) is 0 Å². The Morgan fingerprint density at radius 2 is 1.75 bits per heavy atom. The fourth-order valence-electron chi connectivity index (χ4n) is 1.64. The van der Waals surface area contributed by atoms with Crippen molar-refractivity contribution in [2.24, 2.45) is 0 Å². The number of aliphatic hydroxyl groups excluding tert-OH is 2. The van der Waals surface area contributed by atoms with Crippen LogP contribution in [0.4, 0.5) is 0 Å². The van der Waals surface area contributed by atoms with Crippen LogP contribution in [0.5, 0.6) is 0 Å². The Morgan fingerprint density at radius 1 is 1.19 bits per heavy atom. The summed E-state index contributed by atoms with van der Waals surface area (Å²) in [6.45, 7) is -0.0998. The van der Waals surface area contributed by atoms with Gasteiger partial charge >= 0.3 is 0 Å². The normalized spacial score (nSPS) is 11.8. The quantitative estimate of drug-likeness (QED) is 0.825. The predicted molar refractivity (Wildman–Crippen MR) is 70.3 cm³/mol. The fourth-order valence-corrected chi connectivity index (χ4v) is 2.36. The monoisotopic (exact) mass is 260 g/mol. The van der Waals surface area contributed by atoms with E-state index in [0.29, 0.717) is 5.02 Å². The van der Waals surface area contributed by atoms with Gasteiger partial charge in [0, 0.05) is 10.4 Å². The van der Waals surface area contributed by atoms with E-state index in [2.05, 4.69) is 0 Å². The van der Waals surface area contributed by atoms with Crippen LogP contribution in [0.25, 0.3) is 0 Å². The number of aliphatic hydroxyl groups is 2. The highest BCUT2D eigenvalue weighted by Crippen LogP contribution is 2.29. The molecule has 0 amide bonds.